The Morgan fingerprint density at radius 1 is 1.20 bits per heavy atom. The molecule has 3 N–H and O–H groups in total. The molecule has 1 aromatic carbocycles. The summed E-state index contributed by atoms with van der Waals surface area (Å²) in [5, 5.41) is 3.22. The van der Waals surface area contributed by atoms with Crippen LogP contribution in [0.5, 0.6) is 0 Å². The van der Waals surface area contributed by atoms with Gasteiger partial charge in [0.25, 0.3) is 0 Å². The van der Waals surface area contributed by atoms with Gasteiger partial charge in [0.05, 0.1) is 16.3 Å². The van der Waals surface area contributed by atoms with Gasteiger partial charge in [0, 0.05) is 19.6 Å². The Morgan fingerprint density at radius 2 is 1.85 bits per heavy atom. The lowest BCUT2D eigenvalue weighted by Gasteiger charge is -2.19. The van der Waals surface area contributed by atoms with Crippen LogP contribution in [0.1, 0.15) is 33.6 Å². The maximum Gasteiger partial charge on any atom is 0.243 e. The van der Waals surface area contributed by atoms with E-state index in [1.54, 1.807) is 12.1 Å². The number of nitrogens with two attached hydrogens (primary N) is 1. The molecule has 0 saturated carbocycles. The summed E-state index contributed by atoms with van der Waals surface area (Å²) in [7, 11) is -3.44. The van der Waals surface area contributed by atoms with Crippen LogP contribution in [-0.4, -0.2) is 32.4 Å². The van der Waals surface area contributed by atoms with Crippen LogP contribution in [-0.2, 0) is 10.0 Å². The first-order chi connectivity index (χ1) is 9.47. The van der Waals surface area contributed by atoms with E-state index in [0.717, 1.165) is 25.1 Å². The molecule has 5 nitrogen and oxygen atoms in total. The lowest BCUT2D eigenvalue weighted by atomic mass is 10.2. The maximum absolute atomic E-state index is 12.4. The third kappa shape index (κ3) is 3.86. The van der Waals surface area contributed by atoms with Crippen LogP contribution in [0.4, 0.5) is 11.4 Å². The van der Waals surface area contributed by atoms with Gasteiger partial charge in [0.2, 0.25) is 10.0 Å². The van der Waals surface area contributed by atoms with Gasteiger partial charge in [-0.15, -0.1) is 0 Å². The van der Waals surface area contributed by atoms with Gasteiger partial charge in [-0.2, -0.15) is 4.31 Å². The number of anilines is 2. The molecule has 0 fully saturated rings. The number of benzene rings is 1. The largest absolute Gasteiger partial charge is 0.397 e. The normalized spacial score (nSPS) is 11.8. The molecule has 0 radical (unpaired) electrons. The first-order valence-electron chi connectivity index (χ1n) is 7.10. The Bertz CT molecular complexity index is 525. The molecule has 0 unspecified atom stereocenters. The smallest absolute Gasteiger partial charge is 0.243 e. The number of nitrogens with one attached hydrogen (secondary N) is 1. The van der Waals surface area contributed by atoms with E-state index >= 15 is 0 Å². The first-order valence-corrected chi connectivity index (χ1v) is 8.54. The zero-order chi connectivity index (χ0) is 15.2. The van der Waals surface area contributed by atoms with Crippen LogP contribution < -0.4 is 11.1 Å². The van der Waals surface area contributed by atoms with Gasteiger partial charge >= 0.3 is 0 Å². The van der Waals surface area contributed by atoms with Gasteiger partial charge in [-0.1, -0.05) is 27.2 Å². The number of hydrogen-bond donors (Lipinski definition) is 2. The second-order valence-corrected chi connectivity index (χ2v) is 6.56. The molecule has 20 heavy (non-hydrogen) atoms. The molecule has 0 saturated heterocycles. The lowest BCUT2D eigenvalue weighted by Crippen LogP contribution is -2.30. The monoisotopic (exact) mass is 299 g/mol. The van der Waals surface area contributed by atoms with E-state index in [1.807, 2.05) is 13.8 Å². The molecule has 0 heterocycles. The van der Waals surface area contributed by atoms with Crippen LogP contribution >= 0.6 is 0 Å². The summed E-state index contributed by atoms with van der Waals surface area (Å²) in [4.78, 5) is 0.250. The van der Waals surface area contributed by atoms with Crippen molar-refractivity contribution in [3.63, 3.8) is 0 Å². The highest BCUT2D eigenvalue weighted by molar-refractivity contribution is 7.89. The van der Waals surface area contributed by atoms with Crippen molar-refractivity contribution in [1.29, 1.82) is 0 Å². The second-order valence-electron chi connectivity index (χ2n) is 4.62. The van der Waals surface area contributed by atoms with E-state index in [2.05, 4.69) is 12.2 Å². The van der Waals surface area contributed by atoms with Gasteiger partial charge < -0.3 is 11.1 Å². The fourth-order valence-corrected chi connectivity index (χ4v) is 3.47. The van der Waals surface area contributed by atoms with Crippen molar-refractivity contribution in [3.05, 3.63) is 18.2 Å². The van der Waals surface area contributed by atoms with E-state index in [0.29, 0.717) is 18.8 Å². The van der Waals surface area contributed by atoms with Crippen LogP contribution in [0.15, 0.2) is 23.1 Å². The summed E-state index contributed by atoms with van der Waals surface area (Å²) < 4.78 is 26.2. The fourth-order valence-electron chi connectivity index (χ4n) is 1.97. The maximum atomic E-state index is 12.4. The molecule has 0 bridgehead atoms. The van der Waals surface area contributed by atoms with Crippen LogP contribution in [0, 0.1) is 0 Å². The molecule has 1 rings (SSSR count). The molecule has 0 spiro atoms. The highest BCUT2D eigenvalue weighted by Gasteiger charge is 2.22. The standard InChI is InChI=1S/C14H25N3O2S/c1-4-7-10-16-14-9-8-12(11-13(14)15)20(18,19)17(5-2)6-3/h8-9,11,16H,4-7,10,15H2,1-3H3. The van der Waals surface area contributed by atoms with Crippen molar-refractivity contribution < 1.29 is 8.42 Å². The van der Waals surface area contributed by atoms with Crippen molar-refractivity contribution in [2.45, 2.75) is 38.5 Å². The SMILES string of the molecule is CCCCNc1ccc(S(=O)(=O)N(CC)CC)cc1N. The molecule has 0 atom stereocenters. The average molecular weight is 299 g/mol. The average Bonchev–Trinajstić information content (AvgIpc) is 2.41. The van der Waals surface area contributed by atoms with E-state index in [-0.39, 0.29) is 4.90 Å². The Kier molecular flexibility index (Phi) is 6.29. The van der Waals surface area contributed by atoms with Gasteiger partial charge in [-0.05, 0) is 24.6 Å². The zero-order valence-electron chi connectivity index (χ0n) is 12.5. The topological polar surface area (TPSA) is 75.4 Å². The summed E-state index contributed by atoms with van der Waals surface area (Å²) in [6.07, 6.45) is 2.15. The molecule has 1 aromatic rings. The zero-order valence-corrected chi connectivity index (χ0v) is 13.3. The van der Waals surface area contributed by atoms with Gasteiger partial charge in [-0.3, -0.25) is 0 Å². The lowest BCUT2D eigenvalue weighted by molar-refractivity contribution is 0.445. The van der Waals surface area contributed by atoms with Gasteiger partial charge in [0.1, 0.15) is 0 Å². The predicted octanol–water partition coefficient (Wildman–Crippen LogP) is 2.51. The fraction of sp³-hybridized carbons (Fsp3) is 0.571. The highest BCUT2D eigenvalue weighted by atomic mass is 32.2. The van der Waals surface area contributed by atoms with E-state index < -0.39 is 10.0 Å². The minimum Gasteiger partial charge on any atom is -0.397 e. The number of unbranched alkanes of at least 4 members (excludes halogenated alkanes) is 1. The number of nitrogen functional groups attached to an aromatic ring is 1. The molecule has 0 aromatic heterocycles. The first kappa shape index (κ1) is 16.8. The molecule has 0 aliphatic rings. The Morgan fingerprint density at radius 3 is 2.35 bits per heavy atom. The summed E-state index contributed by atoms with van der Waals surface area (Å²) >= 11 is 0. The molecule has 114 valence electrons. The third-order valence-electron chi connectivity index (χ3n) is 3.21. The molecule has 0 aliphatic carbocycles. The molecule has 6 heteroatoms. The molecular weight excluding hydrogens is 274 g/mol. The minimum absolute atomic E-state index is 0.250. The van der Waals surface area contributed by atoms with Gasteiger partial charge in [0.15, 0.2) is 0 Å². The summed E-state index contributed by atoms with van der Waals surface area (Å²) in [5.74, 6) is 0. The summed E-state index contributed by atoms with van der Waals surface area (Å²) in [6, 6.07) is 4.88. The number of sulfonamides is 1. The Balaban J connectivity index is 2.97. The van der Waals surface area contributed by atoms with Gasteiger partial charge in [-0.25, -0.2) is 8.42 Å². The van der Waals surface area contributed by atoms with Crippen molar-refractivity contribution in [2.75, 3.05) is 30.7 Å². The molecule has 0 amide bonds. The summed E-state index contributed by atoms with van der Waals surface area (Å²) in [6.45, 7) is 7.51. The second kappa shape index (κ2) is 7.50. The third-order valence-corrected chi connectivity index (χ3v) is 5.26. The van der Waals surface area contributed by atoms with Crippen LogP contribution in [0.2, 0.25) is 0 Å². The molecule has 0 aliphatic heterocycles. The van der Waals surface area contributed by atoms with Crippen molar-refractivity contribution >= 4 is 21.4 Å². The Hall–Kier alpha value is -1.27. The van der Waals surface area contributed by atoms with E-state index in [9.17, 15) is 8.42 Å². The minimum atomic E-state index is -3.44. The number of nitrogens with zero attached hydrogens (tertiary/aromatic N) is 1. The highest BCUT2D eigenvalue weighted by Crippen LogP contribution is 2.24. The number of hydrogen-bond acceptors (Lipinski definition) is 4. The predicted molar refractivity (Wildman–Crippen MR) is 84.4 cm³/mol. The van der Waals surface area contributed by atoms with Crippen LogP contribution in [0.25, 0.3) is 0 Å². The Labute approximate surface area is 122 Å². The quantitative estimate of drug-likeness (QED) is 0.571. The van der Waals surface area contributed by atoms with Crippen molar-refractivity contribution in [3.8, 4) is 0 Å². The van der Waals surface area contributed by atoms with E-state index in [1.165, 1.54) is 10.4 Å². The summed E-state index contributed by atoms with van der Waals surface area (Å²) in [5.41, 5.74) is 7.19. The van der Waals surface area contributed by atoms with Crippen LogP contribution in [0.3, 0.4) is 0 Å². The number of rotatable bonds is 8. The molecular formula is C14H25N3O2S. The van der Waals surface area contributed by atoms with Crippen molar-refractivity contribution in [1.82, 2.24) is 4.31 Å². The van der Waals surface area contributed by atoms with E-state index in [4.69, 9.17) is 5.73 Å². The van der Waals surface area contributed by atoms with Crippen molar-refractivity contribution in [2.24, 2.45) is 0 Å².